The number of nitrogens with zero attached hydrogens (tertiary/aromatic N) is 2. The van der Waals surface area contributed by atoms with Gasteiger partial charge in [-0.15, -0.1) is 24.8 Å². The average molecular weight is 407 g/mol. The van der Waals surface area contributed by atoms with Gasteiger partial charge >= 0.3 is 0 Å². The van der Waals surface area contributed by atoms with Crippen molar-refractivity contribution < 1.29 is 14.0 Å². The summed E-state index contributed by atoms with van der Waals surface area (Å²) in [6.45, 7) is 2.70. The first kappa shape index (κ1) is 22.6. The van der Waals surface area contributed by atoms with Gasteiger partial charge in [0.25, 0.3) is 5.91 Å². The standard InChI is InChI=1S/C17H23FN4O2.2ClH/c18-14-7-13(9-19-10-14)17(24)22-6-2-3-12(11-22)8-21-16(23)15-4-1-5-20-15;;/h7,9-10,12,15,20H,1-6,8,11H2,(H,21,23);2*1H. The molecule has 0 bridgehead atoms. The summed E-state index contributed by atoms with van der Waals surface area (Å²) in [6.07, 6.45) is 6.25. The second-order valence-electron chi connectivity index (χ2n) is 6.55. The van der Waals surface area contributed by atoms with Gasteiger partial charge in [-0.25, -0.2) is 4.39 Å². The minimum Gasteiger partial charge on any atom is -0.354 e. The van der Waals surface area contributed by atoms with Gasteiger partial charge in [0.05, 0.1) is 17.8 Å². The molecule has 2 amide bonds. The highest BCUT2D eigenvalue weighted by atomic mass is 35.5. The van der Waals surface area contributed by atoms with Crippen LogP contribution in [0.5, 0.6) is 0 Å². The van der Waals surface area contributed by atoms with Crippen LogP contribution in [0.1, 0.15) is 36.0 Å². The molecule has 2 N–H and O–H groups in total. The number of hydrogen-bond acceptors (Lipinski definition) is 4. The highest BCUT2D eigenvalue weighted by molar-refractivity contribution is 5.94. The Bertz CT molecular complexity index is 614. The van der Waals surface area contributed by atoms with Crippen LogP contribution in [0.15, 0.2) is 18.5 Å². The summed E-state index contributed by atoms with van der Waals surface area (Å²) >= 11 is 0. The summed E-state index contributed by atoms with van der Waals surface area (Å²) in [7, 11) is 0. The van der Waals surface area contributed by atoms with Gasteiger partial charge < -0.3 is 15.5 Å². The van der Waals surface area contributed by atoms with Crippen LogP contribution in [0.2, 0.25) is 0 Å². The smallest absolute Gasteiger partial charge is 0.255 e. The summed E-state index contributed by atoms with van der Waals surface area (Å²) in [5, 5.41) is 6.17. The molecule has 2 saturated heterocycles. The quantitative estimate of drug-likeness (QED) is 0.798. The van der Waals surface area contributed by atoms with Gasteiger partial charge in [-0.05, 0) is 44.2 Å². The maximum atomic E-state index is 13.2. The third kappa shape index (κ3) is 5.79. The van der Waals surface area contributed by atoms with Gasteiger partial charge in [-0.1, -0.05) is 0 Å². The number of nitrogens with one attached hydrogen (secondary N) is 2. The minimum absolute atomic E-state index is 0. The predicted octanol–water partition coefficient (Wildman–Crippen LogP) is 1.78. The van der Waals surface area contributed by atoms with Crippen molar-refractivity contribution in [2.45, 2.75) is 31.7 Å². The molecule has 0 saturated carbocycles. The monoisotopic (exact) mass is 406 g/mol. The van der Waals surface area contributed by atoms with Crippen molar-refractivity contribution in [2.24, 2.45) is 5.92 Å². The van der Waals surface area contributed by atoms with E-state index in [1.165, 1.54) is 12.3 Å². The lowest BCUT2D eigenvalue weighted by Gasteiger charge is -2.33. The molecular formula is C17H25Cl2FN4O2. The van der Waals surface area contributed by atoms with Gasteiger partial charge in [0.15, 0.2) is 0 Å². The molecule has 9 heteroatoms. The first-order valence-corrected chi connectivity index (χ1v) is 8.54. The molecule has 3 heterocycles. The Labute approximate surface area is 165 Å². The summed E-state index contributed by atoms with van der Waals surface area (Å²) in [5.74, 6) is -0.430. The van der Waals surface area contributed by atoms with E-state index >= 15 is 0 Å². The Morgan fingerprint density at radius 3 is 2.77 bits per heavy atom. The fourth-order valence-corrected chi connectivity index (χ4v) is 3.40. The molecule has 0 aliphatic carbocycles. The first-order chi connectivity index (χ1) is 11.6. The van der Waals surface area contributed by atoms with Crippen molar-refractivity contribution in [1.29, 1.82) is 0 Å². The van der Waals surface area contributed by atoms with Crippen LogP contribution in [0.25, 0.3) is 0 Å². The zero-order valence-electron chi connectivity index (χ0n) is 14.4. The van der Waals surface area contributed by atoms with Crippen molar-refractivity contribution in [3.63, 3.8) is 0 Å². The lowest BCUT2D eigenvalue weighted by molar-refractivity contribution is -0.123. The molecule has 2 aliphatic heterocycles. The molecule has 146 valence electrons. The third-order valence-corrected chi connectivity index (χ3v) is 4.70. The van der Waals surface area contributed by atoms with Gasteiger partial charge in [0.2, 0.25) is 5.91 Å². The molecule has 2 atom stereocenters. The molecule has 26 heavy (non-hydrogen) atoms. The molecule has 2 aliphatic rings. The lowest BCUT2D eigenvalue weighted by atomic mass is 9.97. The second kappa shape index (κ2) is 10.6. The highest BCUT2D eigenvalue weighted by Crippen LogP contribution is 2.18. The first-order valence-electron chi connectivity index (χ1n) is 8.54. The van der Waals surface area contributed by atoms with E-state index in [9.17, 15) is 14.0 Å². The van der Waals surface area contributed by atoms with Crippen LogP contribution in [0.4, 0.5) is 4.39 Å². The van der Waals surface area contributed by atoms with E-state index in [1.807, 2.05) is 0 Å². The lowest BCUT2D eigenvalue weighted by Crippen LogP contribution is -2.46. The number of likely N-dealkylation sites (tertiary alicyclic amines) is 1. The number of carbonyl (C=O) groups is 2. The van der Waals surface area contributed by atoms with Crippen molar-refractivity contribution >= 4 is 36.6 Å². The fraction of sp³-hybridized carbons (Fsp3) is 0.588. The Balaban J connectivity index is 0.00000169. The number of amides is 2. The van der Waals surface area contributed by atoms with Crippen LogP contribution < -0.4 is 10.6 Å². The van der Waals surface area contributed by atoms with Crippen LogP contribution >= 0.6 is 24.8 Å². The minimum atomic E-state index is -0.509. The largest absolute Gasteiger partial charge is 0.354 e. The predicted molar refractivity (Wildman–Crippen MR) is 101 cm³/mol. The molecular weight excluding hydrogens is 382 g/mol. The number of hydrogen-bond donors (Lipinski definition) is 2. The highest BCUT2D eigenvalue weighted by Gasteiger charge is 2.27. The van der Waals surface area contributed by atoms with Gasteiger partial charge in [0, 0.05) is 25.8 Å². The van der Waals surface area contributed by atoms with E-state index in [1.54, 1.807) is 4.90 Å². The molecule has 0 aromatic carbocycles. The van der Waals surface area contributed by atoms with E-state index in [0.29, 0.717) is 19.6 Å². The zero-order valence-corrected chi connectivity index (χ0v) is 16.1. The van der Waals surface area contributed by atoms with Crippen molar-refractivity contribution in [3.05, 3.63) is 29.8 Å². The van der Waals surface area contributed by atoms with Gasteiger partial charge in [0.1, 0.15) is 5.82 Å². The molecule has 2 fully saturated rings. The second-order valence-corrected chi connectivity index (χ2v) is 6.55. The summed E-state index contributed by atoms with van der Waals surface area (Å²) in [5.41, 5.74) is 0.273. The Morgan fingerprint density at radius 2 is 2.08 bits per heavy atom. The molecule has 0 spiro atoms. The van der Waals surface area contributed by atoms with Crippen molar-refractivity contribution in [1.82, 2.24) is 20.5 Å². The van der Waals surface area contributed by atoms with E-state index in [0.717, 1.165) is 38.4 Å². The maximum absolute atomic E-state index is 13.2. The molecule has 1 aromatic heterocycles. The van der Waals surface area contributed by atoms with Crippen molar-refractivity contribution in [2.75, 3.05) is 26.2 Å². The number of piperidine rings is 1. The maximum Gasteiger partial charge on any atom is 0.255 e. The molecule has 0 radical (unpaired) electrons. The van der Waals surface area contributed by atoms with Crippen LogP contribution in [0.3, 0.4) is 0 Å². The molecule has 2 unspecified atom stereocenters. The van der Waals surface area contributed by atoms with Crippen molar-refractivity contribution in [3.8, 4) is 0 Å². The number of aromatic nitrogens is 1. The van der Waals surface area contributed by atoms with Gasteiger partial charge in [-0.3, -0.25) is 14.6 Å². The van der Waals surface area contributed by atoms with E-state index < -0.39 is 5.82 Å². The Hall–Kier alpha value is -1.44. The van der Waals surface area contributed by atoms with E-state index in [-0.39, 0.29) is 54.2 Å². The average Bonchev–Trinajstić information content (AvgIpc) is 3.14. The SMILES string of the molecule is Cl.Cl.O=C(NCC1CCCN(C(=O)c2cncc(F)c2)C1)C1CCCN1. The molecule has 3 rings (SSSR count). The van der Waals surface area contributed by atoms with Crippen LogP contribution in [-0.4, -0.2) is 53.9 Å². The summed E-state index contributed by atoms with van der Waals surface area (Å²) in [4.78, 5) is 30.0. The number of halogens is 3. The third-order valence-electron chi connectivity index (χ3n) is 4.70. The zero-order chi connectivity index (χ0) is 16.9. The summed E-state index contributed by atoms with van der Waals surface area (Å²) in [6, 6.07) is 1.14. The summed E-state index contributed by atoms with van der Waals surface area (Å²) < 4.78 is 13.2. The van der Waals surface area contributed by atoms with E-state index in [2.05, 4.69) is 15.6 Å². The number of carbonyl (C=O) groups excluding carboxylic acids is 2. The van der Waals surface area contributed by atoms with Crippen LogP contribution in [-0.2, 0) is 4.79 Å². The molecule has 1 aromatic rings. The Morgan fingerprint density at radius 1 is 1.27 bits per heavy atom. The van der Waals surface area contributed by atoms with E-state index in [4.69, 9.17) is 0 Å². The Kier molecular flexibility index (Phi) is 9.25. The molecule has 6 nitrogen and oxygen atoms in total. The van der Waals surface area contributed by atoms with Crippen LogP contribution in [0, 0.1) is 11.7 Å². The normalized spacial score (nSPS) is 22.1. The number of pyridine rings is 1. The van der Waals surface area contributed by atoms with Gasteiger partial charge in [-0.2, -0.15) is 0 Å². The number of rotatable bonds is 4. The topological polar surface area (TPSA) is 74.3 Å². The fourth-order valence-electron chi connectivity index (χ4n) is 3.40.